The Balaban J connectivity index is 1.77. The van der Waals surface area contributed by atoms with Crippen molar-refractivity contribution in [3.05, 3.63) is 59.1 Å². The zero-order valence-corrected chi connectivity index (χ0v) is 12.1. The normalized spacial score (nSPS) is 11.9. The molecular weight excluding hydrogens is 274 g/mol. The number of rotatable bonds is 6. The van der Waals surface area contributed by atoms with E-state index in [0.717, 1.165) is 11.3 Å². The molecule has 2 aromatic carbocycles. The molecule has 2 aromatic rings. The molecule has 20 heavy (non-hydrogen) atoms. The second kappa shape index (κ2) is 7.17. The van der Waals surface area contributed by atoms with Gasteiger partial charge in [0.05, 0.1) is 0 Å². The average Bonchev–Trinajstić information content (AvgIpc) is 2.46. The summed E-state index contributed by atoms with van der Waals surface area (Å²) in [5, 5.41) is 13.8. The van der Waals surface area contributed by atoms with Crippen LogP contribution in [0.2, 0.25) is 5.02 Å². The van der Waals surface area contributed by atoms with Gasteiger partial charge in [-0.05, 0) is 42.8 Å². The number of anilines is 1. The molecule has 1 unspecified atom stereocenters. The van der Waals surface area contributed by atoms with E-state index in [2.05, 4.69) is 5.32 Å². The highest BCUT2D eigenvalue weighted by Crippen LogP contribution is 2.16. The predicted octanol–water partition coefficient (Wildman–Crippen LogP) is 3.50. The summed E-state index contributed by atoms with van der Waals surface area (Å²) in [4.78, 5) is 0. The van der Waals surface area contributed by atoms with Crippen LogP contribution in [0.5, 0.6) is 5.75 Å². The first-order chi connectivity index (χ1) is 9.65. The van der Waals surface area contributed by atoms with Crippen molar-refractivity contribution in [1.29, 1.82) is 0 Å². The summed E-state index contributed by atoms with van der Waals surface area (Å²) < 4.78 is 5.49. The van der Waals surface area contributed by atoms with Crippen LogP contribution in [0, 0.1) is 6.92 Å². The molecule has 0 aromatic heterocycles. The van der Waals surface area contributed by atoms with E-state index < -0.39 is 6.10 Å². The second-order valence-corrected chi connectivity index (χ2v) is 5.05. The molecule has 0 saturated carbocycles. The molecule has 0 aliphatic rings. The van der Waals surface area contributed by atoms with Gasteiger partial charge in [-0.2, -0.15) is 0 Å². The minimum absolute atomic E-state index is 0.237. The number of aryl methyl sites for hydroxylation is 1. The molecule has 0 amide bonds. The van der Waals surface area contributed by atoms with Crippen LogP contribution in [0.1, 0.15) is 5.56 Å². The fraction of sp³-hybridized carbons (Fsp3) is 0.250. The molecule has 0 radical (unpaired) electrons. The highest BCUT2D eigenvalue weighted by Gasteiger charge is 2.06. The van der Waals surface area contributed by atoms with E-state index in [0.29, 0.717) is 17.3 Å². The summed E-state index contributed by atoms with van der Waals surface area (Å²) in [6, 6.07) is 15.0. The van der Waals surface area contributed by atoms with Gasteiger partial charge in [0, 0.05) is 17.3 Å². The first-order valence-electron chi connectivity index (χ1n) is 6.51. The molecule has 0 bridgehead atoms. The summed E-state index contributed by atoms with van der Waals surface area (Å²) in [7, 11) is 0. The smallest absolute Gasteiger partial charge is 0.119 e. The molecule has 4 heteroatoms. The number of para-hydroxylation sites is 1. The Morgan fingerprint density at radius 3 is 2.55 bits per heavy atom. The third kappa shape index (κ3) is 4.44. The average molecular weight is 292 g/mol. The lowest BCUT2D eigenvalue weighted by Crippen LogP contribution is -2.26. The Bertz CT molecular complexity index is 542. The number of aliphatic hydroxyl groups excluding tert-OH is 1. The van der Waals surface area contributed by atoms with Crippen LogP contribution in [-0.2, 0) is 0 Å². The number of hydrogen-bond acceptors (Lipinski definition) is 3. The van der Waals surface area contributed by atoms with Gasteiger partial charge in [0.25, 0.3) is 0 Å². The van der Waals surface area contributed by atoms with Crippen molar-refractivity contribution in [2.45, 2.75) is 13.0 Å². The van der Waals surface area contributed by atoms with Gasteiger partial charge < -0.3 is 15.2 Å². The Morgan fingerprint density at radius 2 is 1.85 bits per heavy atom. The van der Waals surface area contributed by atoms with Crippen molar-refractivity contribution in [3.63, 3.8) is 0 Å². The Hall–Kier alpha value is -1.71. The van der Waals surface area contributed by atoms with E-state index >= 15 is 0 Å². The van der Waals surface area contributed by atoms with Crippen LogP contribution in [0.25, 0.3) is 0 Å². The maximum Gasteiger partial charge on any atom is 0.119 e. The van der Waals surface area contributed by atoms with E-state index in [4.69, 9.17) is 16.3 Å². The zero-order valence-electron chi connectivity index (χ0n) is 11.3. The van der Waals surface area contributed by atoms with Gasteiger partial charge in [-0.1, -0.05) is 29.8 Å². The lowest BCUT2D eigenvalue weighted by atomic mass is 10.2. The van der Waals surface area contributed by atoms with Gasteiger partial charge >= 0.3 is 0 Å². The number of aliphatic hydroxyl groups is 1. The van der Waals surface area contributed by atoms with E-state index in [9.17, 15) is 5.11 Å². The zero-order chi connectivity index (χ0) is 14.4. The summed E-state index contributed by atoms with van der Waals surface area (Å²) in [5.74, 6) is 0.698. The fourth-order valence-corrected chi connectivity index (χ4v) is 1.91. The van der Waals surface area contributed by atoms with E-state index in [1.165, 1.54) is 0 Å². The van der Waals surface area contributed by atoms with Crippen LogP contribution < -0.4 is 10.1 Å². The van der Waals surface area contributed by atoms with Gasteiger partial charge in [-0.3, -0.25) is 0 Å². The first kappa shape index (κ1) is 14.7. The minimum atomic E-state index is -0.578. The van der Waals surface area contributed by atoms with Gasteiger partial charge in [0.15, 0.2) is 0 Å². The monoisotopic (exact) mass is 291 g/mol. The molecule has 106 valence electrons. The second-order valence-electron chi connectivity index (χ2n) is 4.61. The molecule has 0 saturated heterocycles. The van der Waals surface area contributed by atoms with Crippen LogP contribution in [0.3, 0.4) is 0 Å². The molecular formula is C16H18ClNO2. The predicted molar refractivity (Wildman–Crippen MR) is 82.6 cm³/mol. The highest BCUT2D eigenvalue weighted by molar-refractivity contribution is 6.30. The largest absolute Gasteiger partial charge is 0.491 e. The molecule has 0 fully saturated rings. The van der Waals surface area contributed by atoms with Crippen molar-refractivity contribution in [3.8, 4) is 5.75 Å². The molecule has 2 rings (SSSR count). The summed E-state index contributed by atoms with van der Waals surface area (Å²) in [6.45, 7) is 2.71. The van der Waals surface area contributed by atoms with Gasteiger partial charge in [0.2, 0.25) is 0 Å². The number of hydrogen-bond donors (Lipinski definition) is 2. The van der Waals surface area contributed by atoms with Crippen molar-refractivity contribution in [2.75, 3.05) is 18.5 Å². The summed E-state index contributed by atoms with van der Waals surface area (Å²) >= 11 is 5.79. The standard InChI is InChI=1S/C16H18ClNO2/c1-12-4-2-3-5-16(12)18-10-14(19)11-20-15-8-6-13(17)7-9-15/h2-9,14,18-19H,10-11H2,1H3. The third-order valence-electron chi connectivity index (χ3n) is 2.93. The summed E-state index contributed by atoms with van der Waals surface area (Å²) in [6.07, 6.45) is -0.578. The molecule has 0 aliphatic heterocycles. The lowest BCUT2D eigenvalue weighted by molar-refractivity contribution is 0.117. The van der Waals surface area contributed by atoms with Crippen molar-refractivity contribution in [2.24, 2.45) is 0 Å². The van der Waals surface area contributed by atoms with Gasteiger partial charge in [-0.15, -0.1) is 0 Å². The molecule has 2 N–H and O–H groups in total. The van der Waals surface area contributed by atoms with E-state index in [1.54, 1.807) is 24.3 Å². The third-order valence-corrected chi connectivity index (χ3v) is 3.18. The molecule has 0 spiro atoms. The van der Waals surface area contributed by atoms with Gasteiger partial charge in [-0.25, -0.2) is 0 Å². The molecule has 0 aliphatic carbocycles. The van der Waals surface area contributed by atoms with Crippen LogP contribution in [0.4, 0.5) is 5.69 Å². The molecule has 1 atom stereocenters. The SMILES string of the molecule is Cc1ccccc1NCC(O)COc1ccc(Cl)cc1. The Morgan fingerprint density at radius 1 is 1.15 bits per heavy atom. The van der Waals surface area contributed by atoms with E-state index in [-0.39, 0.29) is 6.61 Å². The Labute approximate surface area is 124 Å². The maximum atomic E-state index is 9.90. The molecule has 0 heterocycles. The number of halogens is 1. The number of benzene rings is 2. The van der Waals surface area contributed by atoms with Crippen molar-refractivity contribution >= 4 is 17.3 Å². The quantitative estimate of drug-likeness (QED) is 0.856. The van der Waals surface area contributed by atoms with Crippen LogP contribution in [0.15, 0.2) is 48.5 Å². The van der Waals surface area contributed by atoms with Crippen LogP contribution >= 0.6 is 11.6 Å². The lowest BCUT2D eigenvalue weighted by Gasteiger charge is -2.15. The topological polar surface area (TPSA) is 41.5 Å². The van der Waals surface area contributed by atoms with Gasteiger partial charge in [0.1, 0.15) is 18.5 Å². The van der Waals surface area contributed by atoms with Crippen molar-refractivity contribution in [1.82, 2.24) is 0 Å². The number of nitrogens with one attached hydrogen (secondary N) is 1. The Kier molecular flexibility index (Phi) is 5.27. The molecule has 3 nitrogen and oxygen atoms in total. The number of ether oxygens (including phenoxy) is 1. The fourth-order valence-electron chi connectivity index (χ4n) is 1.78. The first-order valence-corrected chi connectivity index (χ1v) is 6.89. The van der Waals surface area contributed by atoms with Crippen LogP contribution in [-0.4, -0.2) is 24.4 Å². The highest BCUT2D eigenvalue weighted by atomic mass is 35.5. The minimum Gasteiger partial charge on any atom is -0.491 e. The maximum absolute atomic E-state index is 9.90. The summed E-state index contributed by atoms with van der Waals surface area (Å²) in [5.41, 5.74) is 2.18. The van der Waals surface area contributed by atoms with Crippen molar-refractivity contribution < 1.29 is 9.84 Å². The van der Waals surface area contributed by atoms with E-state index in [1.807, 2.05) is 31.2 Å².